The summed E-state index contributed by atoms with van der Waals surface area (Å²) in [5.74, 6) is -0.479. The molecule has 6 nitrogen and oxygen atoms in total. The van der Waals surface area contributed by atoms with E-state index in [1.807, 2.05) is 6.92 Å². The maximum Gasteiger partial charge on any atom is 0.252 e. The third kappa shape index (κ3) is 2.08. The highest BCUT2D eigenvalue weighted by molar-refractivity contribution is 6.06. The van der Waals surface area contributed by atoms with Crippen molar-refractivity contribution in [2.75, 3.05) is 13.1 Å². The van der Waals surface area contributed by atoms with E-state index in [0.29, 0.717) is 6.54 Å². The Kier molecular flexibility index (Phi) is 2.97. The van der Waals surface area contributed by atoms with Crippen LogP contribution in [0.4, 0.5) is 0 Å². The van der Waals surface area contributed by atoms with Gasteiger partial charge in [0.2, 0.25) is 5.91 Å². The number of nitrogens with zero attached hydrogens (tertiary/aromatic N) is 2. The van der Waals surface area contributed by atoms with E-state index in [-0.39, 0.29) is 24.3 Å². The van der Waals surface area contributed by atoms with Crippen LogP contribution in [-0.2, 0) is 9.59 Å². The predicted molar refractivity (Wildman–Crippen MR) is 56.1 cm³/mol. The minimum Gasteiger partial charge on any atom is -0.370 e. The van der Waals surface area contributed by atoms with Crippen LogP contribution >= 0.6 is 0 Å². The molecule has 0 bridgehead atoms. The fourth-order valence-electron chi connectivity index (χ4n) is 1.40. The molecule has 0 unspecified atom stereocenters. The summed E-state index contributed by atoms with van der Waals surface area (Å²) in [4.78, 5) is 28.3. The van der Waals surface area contributed by atoms with Crippen LogP contribution < -0.4 is 11.1 Å². The molecule has 0 aromatic carbocycles. The third-order valence-corrected chi connectivity index (χ3v) is 2.38. The molecular formula is C9H16N4O2. The second kappa shape index (κ2) is 3.88. The van der Waals surface area contributed by atoms with Crippen LogP contribution in [0.3, 0.4) is 0 Å². The van der Waals surface area contributed by atoms with Crippen LogP contribution in [0, 0.1) is 0 Å². The summed E-state index contributed by atoms with van der Waals surface area (Å²) in [5.41, 5.74) is 4.87. The first-order chi connectivity index (χ1) is 6.89. The first-order valence-electron chi connectivity index (χ1n) is 4.81. The molecule has 1 rings (SSSR count). The Labute approximate surface area is 88.5 Å². The second-order valence-electron chi connectivity index (χ2n) is 3.86. The number of guanidine groups is 1. The van der Waals surface area contributed by atoms with Crippen molar-refractivity contribution in [3.63, 3.8) is 0 Å². The van der Waals surface area contributed by atoms with E-state index in [9.17, 15) is 9.59 Å². The quantitative estimate of drug-likeness (QED) is 0.333. The molecule has 1 heterocycles. The Bertz CT molecular complexity index is 322. The number of hydrogen-bond donors (Lipinski definition) is 2. The largest absolute Gasteiger partial charge is 0.370 e. The number of aliphatic imine (C=N–C) groups is 1. The second-order valence-corrected chi connectivity index (χ2v) is 3.86. The van der Waals surface area contributed by atoms with Gasteiger partial charge < -0.3 is 10.6 Å². The molecular weight excluding hydrogens is 196 g/mol. The van der Waals surface area contributed by atoms with Crippen molar-refractivity contribution in [2.45, 2.75) is 26.3 Å². The minimum absolute atomic E-state index is 0.0636. The van der Waals surface area contributed by atoms with Crippen molar-refractivity contribution in [3.8, 4) is 0 Å². The van der Waals surface area contributed by atoms with Gasteiger partial charge in [0.1, 0.15) is 12.1 Å². The molecule has 0 aliphatic carbocycles. The molecule has 1 fully saturated rings. The summed E-state index contributed by atoms with van der Waals surface area (Å²) >= 11 is 0. The van der Waals surface area contributed by atoms with Crippen LogP contribution in [0.2, 0.25) is 0 Å². The van der Waals surface area contributed by atoms with Gasteiger partial charge in [-0.3, -0.25) is 19.9 Å². The number of nitrogens with two attached hydrogens (primary N) is 1. The Hall–Kier alpha value is -1.59. The molecule has 6 heteroatoms. The summed E-state index contributed by atoms with van der Waals surface area (Å²) in [5, 5.41) is 2.27. The van der Waals surface area contributed by atoms with Crippen LogP contribution in [0.15, 0.2) is 4.99 Å². The van der Waals surface area contributed by atoms with Crippen molar-refractivity contribution >= 4 is 17.8 Å². The third-order valence-electron chi connectivity index (χ3n) is 2.38. The molecule has 0 atom stereocenters. The molecule has 84 valence electrons. The van der Waals surface area contributed by atoms with E-state index in [2.05, 4.69) is 10.3 Å². The van der Waals surface area contributed by atoms with Gasteiger partial charge in [-0.15, -0.1) is 0 Å². The zero-order valence-corrected chi connectivity index (χ0v) is 9.20. The minimum atomic E-state index is -0.837. The summed E-state index contributed by atoms with van der Waals surface area (Å²) < 4.78 is 0. The molecule has 0 radical (unpaired) electrons. The van der Waals surface area contributed by atoms with Crippen LogP contribution in [0.1, 0.15) is 20.8 Å². The van der Waals surface area contributed by atoms with Gasteiger partial charge in [-0.05, 0) is 20.8 Å². The van der Waals surface area contributed by atoms with Gasteiger partial charge in [0, 0.05) is 6.54 Å². The lowest BCUT2D eigenvalue weighted by molar-refractivity contribution is -0.141. The van der Waals surface area contributed by atoms with E-state index in [0.717, 1.165) is 0 Å². The summed E-state index contributed by atoms with van der Waals surface area (Å²) in [7, 11) is 0. The molecule has 0 aromatic rings. The average molecular weight is 212 g/mol. The molecule has 3 N–H and O–H groups in total. The maximum absolute atomic E-state index is 11.6. The standard InChI is InChI=1S/C9H16N4O2/c1-4-11-8(10)13-5-6(14)12-7(15)9(13,2)3/h4-5H2,1-3H3,(H2,10,11)(H,12,14,15). The Morgan fingerprint density at radius 3 is 2.73 bits per heavy atom. The van der Waals surface area contributed by atoms with E-state index in [1.54, 1.807) is 13.8 Å². The van der Waals surface area contributed by atoms with E-state index >= 15 is 0 Å². The lowest BCUT2D eigenvalue weighted by atomic mass is 9.99. The van der Waals surface area contributed by atoms with Gasteiger partial charge in [-0.25, -0.2) is 0 Å². The van der Waals surface area contributed by atoms with Crippen molar-refractivity contribution in [1.82, 2.24) is 10.2 Å². The summed E-state index contributed by atoms with van der Waals surface area (Å²) in [6.07, 6.45) is 0. The van der Waals surface area contributed by atoms with Crippen molar-refractivity contribution in [2.24, 2.45) is 10.7 Å². The van der Waals surface area contributed by atoms with Gasteiger partial charge in [0.25, 0.3) is 5.91 Å². The normalized spacial score (nSPS) is 21.5. The number of nitrogens with one attached hydrogen (secondary N) is 1. The number of hydrogen-bond acceptors (Lipinski definition) is 3. The fraction of sp³-hybridized carbons (Fsp3) is 0.667. The monoisotopic (exact) mass is 212 g/mol. The number of rotatable bonds is 1. The SMILES string of the molecule is CCN=C(N)N1CC(=O)NC(=O)C1(C)C. The molecule has 1 saturated heterocycles. The van der Waals surface area contributed by atoms with Gasteiger partial charge in [0.05, 0.1) is 0 Å². The zero-order valence-electron chi connectivity index (χ0n) is 9.20. The first-order valence-corrected chi connectivity index (χ1v) is 4.81. The molecule has 15 heavy (non-hydrogen) atoms. The smallest absolute Gasteiger partial charge is 0.252 e. The highest BCUT2D eigenvalue weighted by atomic mass is 16.2. The molecule has 0 saturated carbocycles. The van der Waals surface area contributed by atoms with Gasteiger partial charge in [0.15, 0.2) is 5.96 Å². The van der Waals surface area contributed by atoms with Crippen molar-refractivity contribution in [1.29, 1.82) is 0 Å². The maximum atomic E-state index is 11.6. The average Bonchev–Trinajstić information content (AvgIpc) is 2.12. The number of piperazine rings is 1. The first kappa shape index (κ1) is 11.5. The number of carbonyl (C=O) groups excluding carboxylic acids is 2. The van der Waals surface area contributed by atoms with E-state index < -0.39 is 5.54 Å². The zero-order chi connectivity index (χ0) is 11.6. The lowest BCUT2D eigenvalue weighted by Gasteiger charge is -2.40. The fourth-order valence-corrected chi connectivity index (χ4v) is 1.40. The summed E-state index contributed by atoms with van der Waals surface area (Å²) in [6, 6.07) is 0. The highest BCUT2D eigenvalue weighted by Gasteiger charge is 2.41. The van der Waals surface area contributed by atoms with Crippen LogP contribution in [0.25, 0.3) is 0 Å². The molecule has 1 aliphatic rings. The predicted octanol–water partition coefficient (Wildman–Crippen LogP) is -0.942. The van der Waals surface area contributed by atoms with Crippen LogP contribution in [0.5, 0.6) is 0 Å². The van der Waals surface area contributed by atoms with Crippen molar-refractivity contribution in [3.05, 3.63) is 0 Å². The van der Waals surface area contributed by atoms with Gasteiger partial charge in [-0.2, -0.15) is 0 Å². The van der Waals surface area contributed by atoms with Crippen molar-refractivity contribution < 1.29 is 9.59 Å². The van der Waals surface area contributed by atoms with Crippen LogP contribution in [-0.4, -0.2) is 41.3 Å². The molecule has 2 amide bonds. The molecule has 1 aliphatic heterocycles. The lowest BCUT2D eigenvalue weighted by Crippen LogP contribution is -2.66. The Morgan fingerprint density at radius 2 is 2.20 bits per heavy atom. The molecule has 0 spiro atoms. The summed E-state index contributed by atoms with van der Waals surface area (Å²) in [6.45, 7) is 5.83. The highest BCUT2D eigenvalue weighted by Crippen LogP contribution is 2.17. The Morgan fingerprint density at radius 1 is 1.60 bits per heavy atom. The number of carbonyl (C=O) groups is 2. The number of amides is 2. The molecule has 0 aromatic heterocycles. The van der Waals surface area contributed by atoms with E-state index in [4.69, 9.17) is 5.73 Å². The van der Waals surface area contributed by atoms with Gasteiger partial charge >= 0.3 is 0 Å². The topological polar surface area (TPSA) is 87.8 Å². The number of imide groups is 1. The van der Waals surface area contributed by atoms with E-state index in [1.165, 1.54) is 4.90 Å². The van der Waals surface area contributed by atoms with Gasteiger partial charge in [-0.1, -0.05) is 0 Å². The Balaban J connectivity index is 2.99.